The second-order valence-corrected chi connectivity index (χ2v) is 34.6. The number of amides is 4. The minimum atomic E-state index is -1.07. The third-order valence-corrected chi connectivity index (χ3v) is 19.7. The van der Waals surface area contributed by atoms with Crippen LogP contribution in [0.15, 0.2) is 218 Å². The molecule has 0 aliphatic heterocycles. The van der Waals surface area contributed by atoms with Crippen molar-refractivity contribution in [1.82, 2.24) is 25.8 Å². The van der Waals surface area contributed by atoms with Crippen molar-refractivity contribution in [3.8, 4) is 5.75 Å². The predicted molar refractivity (Wildman–Crippen MR) is 501 cm³/mol. The molecule has 0 bridgehead atoms. The zero-order valence-electron chi connectivity index (χ0n) is 77.3. The minimum absolute atomic E-state index is 0.00866. The highest BCUT2D eigenvalue weighted by atomic mass is 16.7. The van der Waals surface area contributed by atoms with E-state index in [0.29, 0.717) is 37.6 Å². The molecule has 6 atom stereocenters. The number of hydrogen-bond donors (Lipinski definition) is 6. The molecule has 4 amide bonds. The number of hydrazine groups is 2. The van der Waals surface area contributed by atoms with Crippen LogP contribution in [-0.2, 0) is 65.3 Å². The Morgan fingerprint density at radius 2 is 0.888 bits per heavy atom. The van der Waals surface area contributed by atoms with Gasteiger partial charge in [0.05, 0.1) is 46.1 Å². The maximum absolute atomic E-state index is 12.4. The van der Waals surface area contributed by atoms with Crippen LogP contribution in [0, 0.1) is 27.9 Å². The number of carbonyl (C=O) groups excluding carboxylic acids is 7. The lowest BCUT2D eigenvalue weighted by Crippen LogP contribution is -2.36. The van der Waals surface area contributed by atoms with E-state index < -0.39 is 11.1 Å². The van der Waals surface area contributed by atoms with Gasteiger partial charge in [0.1, 0.15) is 12.0 Å². The maximum atomic E-state index is 12.4. The van der Waals surface area contributed by atoms with Crippen LogP contribution in [0.2, 0.25) is 0 Å². The third kappa shape index (κ3) is 38.3. The normalized spacial score (nSPS) is 15.6. The van der Waals surface area contributed by atoms with E-state index in [-0.39, 0.29) is 92.8 Å². The van der Waals surface area contributed by atoms with Crippen molar-refractivity contribution < 1.29 is 67.8 Å². The molecule has 24 nitrogen and oxygen atoms in total. The second-order valence-electron chi connectivity index (χ2n) is 34.6. The van der Waals surface area contributed by atoms with Gasteiger partial charge in [0.15, 0.2) is 5.03 Å². The van der Waals surface area contributed by atoms with Crippen LogP contribution in [0.4, 0.5) is 4.79 Å². The van der Waals surface area contributed by atoms with Crippen molar-refractivity contribution in [3.63, 3.8) is 0 Å². The number of rotatable bonds is 17. The van der Waals surface area contributed by atoms with Gasteiger partial charge in [0, 0.05) is 89.3 Å². The van der Waals surface area contributed by atoms with Crippen LogP contribution < -0.4 is 27.2 Å². The van der Waals surface area contributed by atoms with Crippen LogP contribution >= 0.6 is 0 Å². The third-order valence-electron chi connectivity index (χ3n) is 19.7. The molecule has 24 heteroatoms. The number of methoxy groups -OCH3 is 1. The predicted octanol–water partition coefficient (Wildman–Crippen LogP) is 19.0. The Morgan fingerprint density at radius 3 is 1.24 bits per heavy atom. The molecule has 674 valence electrons. The van der Waals surface area contributed by atoms with Gasteiger partial charge in [-0.3, -0.25) is 34.6 Å². The lowest BCUT2D eigenvalue weighted by molar-refractivity contribution is -0.625. The monoisotopic (exact) mass is 1710 g/mol. The molecule has 3 fully saturated rings. The Hall–Kier alpha value is -12.1. The molecule has 9 aromatic rings. The maximum Gasteiger partial charge on any atom is 0.372 e. The number of urea groups is 1. The molecule has 0 spiro atoms. The SMILES string of the molecule is C=CC(=O)OCC.CC(C)(C)c1ccc(C2CC2C(=O)N/N=C/c2cccc3cnccc23)cc1.CC(C)(C)c1ccc(C2CC2C(=O)NN)cc1.CC(C)(C)c1ccc(C=O)cc1.CCO.CCO.CCOC(=O)/C=C/c1ccc(C(C)(C)C)cc1.CCOC(=O)C1CC1c1ccc(C(C)(C)C)cc1.CN(C(N)=O)[N+](=O)[O-].COc1cccc2cnccc12. The molecule has 2 aromatic heterocycles. The van der Waals surface area contributed by atoms with Gasteiger partial charge >= 0.3 is 23.9 Å². The number of aldehydes is 1. The average molecular weight is 1720 g/mol. The molecule has 2 heterocycles. The summed E-state index contributed by atoms with van der Waals surface area (Å²) < 4.78 is 19.5. The summed E-state index contributed by atoms with van der Waals surface area (Å²) >= 11 is 0. The number of aliphatic hydroxyl groups excluding tert-OH is 2. The number of benzene rings is 7. The fourth-order valence-electron chi connectivity index (χ4n) is 12.1. The van der Waals surface area contributed by atoms with Crippen LogP contribution in [0.25, 0.3) is 27.6 Å². The highest BCUT2D eigenvalue weighted by molar-refractivity contribution is 6.00. The minimum Gasteiger partial charge on any atom is -0.496 e. The Bertz CT molecular complexity index is 4880. The summed E-state index contributed by atoms with van der Waals surface area (Å²) in [6.45, 7) is 46.6. The summed E-state index contributed by atoms with van der Waals surface area (Å²) in [6.07, 6.45) is 16.9. The van der Waals surface area contributed by atoms with Crippen LogP contribution in [0.5, 0.6) is 5.75 Å². The number of pyridine rings is 2. The number of nitrogens with one attached hydrogen (secondary N) is 2. The topological polar surface area (TPSA) is 357 Å². The molecule has 3 saturated carbocycles. The van der Waals surface area contributed by atoms with Crippen molar-refractivity contribution >= 4 is 75.9 Å². The number of hydrazone groups is 1. The zero-order valence-corrected chi connectivity index (χ0v) is 77.3. The summed E-state index contributed by atoms with van der Waals surface area (Å²) in [4.78, 5) is 94.5. The van der Waals surface area contributed by atoms with E-state index in [9.17, 15) is 43.7 Å². The van der Waals surface area contributed by atoms with Crippen molar-refractivity contribution in [2.24, 2.45) is 34.4 Å². The number of fused-ring (bicyclic) bond motifs is 2. The average Bonchev–Trinajstić information content (AvgIpc) is 1.65. The van der Waals surface area contributed by atoms with E-state index in [0.717, 1.165) is 82.7 Å². The molecular formula is C101H135N9O15. The summed E-state index contributed by atoms with van der Waals surface area (Å²) in [6, 6.07) is 56.6. The molecular weight excluding hydrogens is 1580 g/mol. The Balaban J connectivity index is 0.000000377. The summed E-state index contributed by atoms with van der Waals surface area (Å²) in [5, 5.41) is 32.5. The van der Waals surface area contributed by atoms with E-state index in [2.05, 4.69) is 232 Å². The van der Waals surface area contributed by atoms with Crippen molar-refractivity contribution in [2.45, 2.75) is 203 Å². The fourth-order valence-corrected chi connectivity index (χ4v) is 12.1. The molecule has 7 aromatic carbocycles. The van der Waals surface area contributed by atoms with Crippen LogP contribution in [0.3, 0.4) is 0 Å². The number of carbonyl (C=O) groups is 7. The van der Waals surface area contributed by atoms with Gasteiger partial charge in [-0.15, -0.1) is 0 Å². The summed E-state index contributed by atoms with van der Waals surface area (Å²) in [7, 11) is 2.65. The van der Waals surface area contributed by atoms with E-state index in [1.807, 2.05) is 104 Å². The molecule has 12 rings (SSSR count). The quantitative estimate of drug-likeness (QED) is 0.00567. The molecule has 6 unspecified atom stereocenters. The van der Waals surface area contributed by atoms with Gasteiger partial charge in [-0.25, -0.2) is 35.8 Å². The van der Waals surface area contributed by atoms with Crippen molar-refractivity contribution in [2.75, 3.05) is 47.2 Å². The number of nitrogens with two attached hydrogens (primary N) is 2. The highest BCUT2D eigenvalue weighted by Gasteiger charge is 2.46. The first-order valence-corrected chi connectivity index (χ1v) is 42.1. The van der Waals surface area contributed by atoms with Crippen molar-refractivity contribution in [3.05, 3.63) is 285 Å². The number of hydrogen-bond acceptors (Lipinski definition) is 19. The molecule has 0 saturated heterocycles. The highest BCUT2D eigenvalue weighted by Crippen LogP contribution is 2.50. The van der Waals surface area contributed by atoms with Gasteiger partial charge in [0.2, 0.25) is 11.8 Å². The van der Waals surface area contributed by atoms with E-state index in [1.54, 1.807) is 59.5 Å². The number of ether oxygens (including phenoxy) is 4. The van der Waals surface area contributed by atoms with Gasteiger partial charge in [-0.1, -0.05) is 262 Å². The van der Waals surface area contributed by atoms with Gasteiger partial charge in [-0.2, -0.15) is 5.10 Å². The second kappa shape index (κ2) is 52.5. The van der Waals surface area contributed by atoms with E-state index >= 15 is 0 Å². The number of esters is 3. The first-order valence-electron chi connectivity index (χ1n) is 42.1. The molecule has 0 radical (unpaired) electrons. The Kier molecular flexibility index (Phi) is 45.0. The lowest BCUT2D eigenvalue weighted by atomic mass is 9.86. The largest absolute Gasteiger partial charge is 0.496 e. The number of aromatic nitrogens is 2. The smallest absolute Gasteiger partial charge is 0.372 e. The summed E-state index contributed by atoms with van der Waals surface area (Å²) in [5.74, 6) is 6.47. The van der Waals surface area contributed by atoms with E-state index in [1.165, 1.54) is 50.6 Å². The number of nitrogens with zero attached hydrogens (tertiary/aromatic N) is 5. The van der Waals surface area contributed by atoms with Crippen LogP contribution in [0.1, 0.15) is 241 Å². The molecule has 3 aliphatic rings. The lowest BCUT2D eigenvalue weighted by Gasteiger charge is -2.19. The molecule has 8 N–H and O–H groups in total. The molecule has 3 aliphatic carbocycles. The van der Waals surface area contributed by atoms with Gasteiger partial charge in [-0.05, 0) is 183 Å². The number of nitro groups is 1. The number of primary amides is 1. The van der Waals surface area contributed by atoms with Crippen molar-refractivity contribution in [1.29, 1.82) is 0 Å². The first kappa shape index (κ1) is 107. The number of aliphatic hydroxyl groups is 2. The summed E-state index contributed by atoms with van der Waals surface area (Å²) in [5.41, 5.74) is 23.2. The Morgan fingerprint density at radius 1 is 0.528 bits per heavy atom. The van der Waals surface area contributed by atoms with Gasteiger partial charge in [0.25, 0.3) is 0 Å². The zero-order chi connectivity index (χ0) is 94.0. The fraction of sp³-hybridized carbons (Fsp3) is 0.406. The van der Waals surface area contributed by atoms with Crippen LogP contribution in [-0.4, -0.2) is 126 Å². The van der Waals surface area contributed by atoms with E-state index in [4.69, 9.17) is 30.3 Å². The first-order chi connectivity index (χ1) is 58.9. The standard InChI is InChI=1S/C24H25N3O.C16H22O2.C15H20O2.C14H20N2O.C11H14O.C10H9NO.C5H8O2.C2H5N3O3.2C2H6O/c1-24(2,3)19-9-7-16(8-10-19)21-13-22(21)23(28)27-26-15-18-6-4-5-17-14-25-12-11-20(17)18;1-5-18-15(17)14-10-13(14)11-6-8-12(9-7-11)16(2,3)4;1-5-17-14(16)11-8-12-6-9-13(10-7-12)15(2,3)4;1-14(2,3)10-6-4-9(5-7-10)11-8-12(11)13(17)16-15;1-11(2,3)10-6-4-9(8-12)5-7-10;1-12-10-4-2-3-8-7-11-6-5-9(8)10;1-3-5(6)7-4-2;1-4(2(3)6)5(7)8;2*1-2-3/h4-12,14-15,21-22H,13H2,1-3H3,(H,27,28);6-9,13-14H,5,10H2,1-4H3;6-11H,5H2,1-4H3;4-7,11-12H,8,15H2,1-3H3,(H,16,17);4-8H,1-3H3;2-7H,1H3;3H,1,4H2,2H3;1H3,(H2,3,6);2*3H,2H2,1H3/b26-15+;;11-8+;;;;;;;. The Labute approximate surface area is 740 Å². The molecule has 125 heavy (non-hydrogen) atoms. The van der Waals surface area contributed by atoms with Gasteiger partial charge < -0.3 is 34.9 Å².